The molecule has 0 saturated carbocycles. The Hall–Kier alpha value is -4.07. The lowest BCUT2D eigenvalue weighted by molar-refractivity contribution is 0.0697. The van der Waals surface area contributed by atoms with Crippen LogP contribution in [0.25, 0.3) is 0 Å². The molecule has 3 rings (SSSR count). The molecule has 0 atom stereocenters. The summed E-state index contributed by atoms with van der Waals surface area (Å²) in [6.45, 7) is 0. The zero-order chi connectivity index (χ0) is 22.4. The van der Waals surface area contributed by atoms with Gasteiger partial charge in [-0.25, -0.2) is 4.79 Å². The molecule has 0 aliphatic carbocycles. The Kier molecular flexibility index (Phi) is 6.71. The molecule has 1 N–H and O–H groups in total. The fourth-order valence-electron chi connectivity index (χ4n) is 2.85. The molecule has 8 heteroatoms. The first-order valence-corrected chi connectivity index (χ1v) is 9.59. The van der Waals surface area contributed by atoms with E-state index in [1.54, 1.807) is 12.1 Å². The molecule has 0 aliphatic heterocycles. The van der Waals surface area contributed by atoms with Crippen molar-refractivity contribution in [1.82, 2.24) is 0 Å². The van der Waals surface area contributed by atoms with E-state index in [2.05, 4.69) is 20.5 Å². The van der Waals surface area contributed by atoms with Crippen molar-refractivity contribution in [3.8, 4) is 0 Å². The van der Waals surface area contributed by atoms with Gasteiger partial charge in [0, 0.05) is 33.9 Å². The number of azo groups is 2. The van der Waals surface area contributed by atoms with Crippen molar-refractivity contribution in [2.24, 2.45) is 20.5 Å². The van der Waals surface area contributed by atoms with Crippen molar-refractivity contribution in [3.05, 3.63) is 72.3 Å². The van der Waals surface area contributed by atoms with E-state index in [0.717, 1.165) is 17.1 Å². The van der Waals surface area contributed by atoms with E-state index < -0.39 is 5.97 Å². The van der Waals surface area contributed by atoms with Gasteiger partial charge in [-0.05, 0) is 60.7 Å². The van der Waals surface area contributed by atoms with Crippen LogP contribution in [0, 0.1) is 0 Å². The van der Waals surface area contributed by atoms with Gasteiger partial charge in [0.15, 0.2) is 0 Å². The average Bonchev–Trinajstić information content (AvgIpc) is 2.76. The van der Waals surface area contributed by atoms with Gasteiger partial charge in [0.1, 0.15) is 11.4 Å². The number of para-hydroxylation sites is 1. The molecule has 0 heterocycles. The number of aromatic carboxylic acids is 1. The minimum atomic E-state index is -0.979. The first kappa shape index (κ1) is 21.6. The highest BCUT2D eigenvalue weighted by Crippen LogP contribution is 2.38. The van der Waals surface area contributed by atoms with Crippen molar-refractivity contribution in [2.75, 3.05) is 38.0 Å². The summed E-state index contributed by atoms with van der Waals surface area (Å²) < 4.78 is 0. The summed E-state index contributed by atoms with van der Waals surface area (Å²) in [4.78, 5) is 14.9. The molecule has 0 unspecified atom stereocenters. The van der Waals surface area contributed by atoms with E-state index in [1.807, 2.05) is 80.5 Å². The summed E-state index contributed by atoms with van der Waals surface area (Å²) in [5.74, 6) is -0.979. The molecule has 0 spiro atoms. The van der Waals surface area contributed by atoms with Crippen LogP contribution in [0.2, 0.25) is 0 Å². The Labute approximate surface area is 181 Å². The molecule has 158 valence electrons. The molecular formula is C23H24N6O2. The van der Waals surface area contributed by atoms with Gasteiger partial charge in [0.2, 0.25) is 0 Å². The van der Waals surface area contributed by atoms with Gasteiger partial charge in [-0.15, -0.1) is 10.2 Å². The number of rotatable bonds is 7. The SMILES string of the molecule is CN(C)c1ccc(N=Nc2cccc(N=Nc3ccc(C(=O)O)cc3)c2N(C)C)cc1. The van der Waals surface area contributed by atoms with Crippen LogP contribution in [0.5, 0.6) is 0 Å². The highest BCUT2D eigenvalue weighted by atomic mass is 16.4. The van der Waals surface area contributed by atoms with Crippen LogP contribution >= 0.6 is 0 Å². The monoisotopic (exact) mass is 416 g/mol. The van der Waals surface area contributed by atoms with E-state index in [9.17, 15) is 4.79 Å². The van der Waals surface area contributed by atoms with Crippen LogP contribution in [-0.4, -0.2) is 39.3 Å². The second-order valence-electron chi connectivity index (χ2n) is 7.20. The zero-order valence-electron chi connectivity index (χ0n) is 17.9. The normalized spacial score (nSPS) is 11.2. The molecule has 0 amide bonds. The molecule has 0 aliphatic rings. The molecule has 3 aromatic carbocycles. The van der Waals surface area contributed by atoms with Gasteiger partial charge in [0.25, 0.3) is 0 Å². The number of carboxylic acid groups (broad SMARTS) is 1. The van der Waals surface area contributed by atoms with Crippen LogP contribution in [0.3, 0.4) is 0 Å². The van der Waals surface area contributed by atoms with Gasteiger partial charge in [-0.1, -0.05) is 6.07 Å². The fraction of sp³-hybridized carbons (Fsp3) is 0.174. The molecule has 0 bridgehead atoms. The predicted molar refractivity (Wildman–Crippen MR) is 123 cm³/mol. The number of anilines is 2. The van der Waals surface area contributed by atoms with Crippen LogP contribution < -0.4 is 9.80 Å². The van der Waals surface area contributed by atoms with Gasteiger partial charge >= 0.3 is 5.97 Å². The second kappa shape index (κ2) is 9.62. The lowest BCUT2D eigenvalue weighted by Gasteiger charge is -2.16. The van der Waals surface area contributed by atoms with Crippen LogP contribution in [-0.2, 0) is 0 Å². The molecule has 8 nitrogen and oxygen atoms in total. The first-order valence-electron chi connectivity index (χ1n) is 9.59. The maximum atomic E-state index is 11.0. The number of nitrogens with zero attached hydrogens (tertiary/aromatic N) is 6. The minimum absolute atomic E-state index is 0.203. The third-order valence-corrected chi connectivity index (χ3v) is 4.47. The highest BCUT2D eigenvalue weighted by Gasteiger charge is 2.10. The van der Waals surface area contributed by atoms with E-state index in [4.69, 9.17) is 5.11 Å². The average molecular weight is 416 g/mol. The number of carboxylic acids is 1. The first-order chi connectivity index (χ1) is 14.8. The Bertz CT molecular complexity index is 1100. The molecular weight excluding hydrogens is 392 g/mol. The number of benzene rings is 3. The van der Waals surface area contributed by atoms with Crippen molar-refractivity contribution in [3.63, 3.8) is 0 Å². The van der Waals surface area contributed by atoms with Crippen molar-refractivity contribution in [2.45, 2.75) is 0 Å². The minimum Gasteiger partial charge on any atom is -0.478 e. The Morgan fingerprint density at radius 3 is 1.58 bits per heavy atom. The maximum absolute atomic E-state index is 11.0. The van der Waals surface area contributed by atoms with Gasteiger partial charge in [-0.2, -0.15) is 10.2 Å². The standard InChI is InChI=1S/C23H24N6O2/c1-28(2)19-14-12-18(13-15-19)25-27-21-7-5-6-20(22(21)29(3)4)26-24-17-10-8-16(9-11-17)23(30)31/h5-15H,1-4H3,(H,30,31). The Morgan fingerprint density at radius 2 is 1.16 bits per heavy atom. The van der Waals surface area contributed by atoms with E-state index in [0.29, 0.717) is 17.1 Å². The van der Waals surface area contributed by atoms with Crippen molar-refractivity contribution < 1.29 is 9.90 Å². The quantitative estimate of drug-likeness (QED) is 0.454. The maximum Gasteiger partial charge on any atom is 0.335 e. The van der Waals surface area contributed by atoms with Crippen LogP contribution in [0.15, 0.2) is 87.2 Å². The molecule has 0 fully saturated rings. The van der Waals surface area contributed by atoms with Gasteiger partial charge < -0.3 is 14.9 Å². The van der Waals surface area contributed by atoms with E-state index >= 15 is 0 Å². The third kappa shape index (κ3) is 5.51. The van der Waals surface area contributed by atoms with Gasteiger partial charge in [-0.3, -0.25) is 0 Å². The summed E-state index contributed by atoms with van der Waals surface area (Å²) in [5.41, 5.74) is 4.68. The smallest absolute Gasteiger partial charge is 0.335 e. The molecule has 0 aromatic heterocycles. The van der Waals surface area contributed by atoms with Crippen molar-refractivity contribution >= 4 is 40.1 Å². The summed E-state index contributed by atoms with van der Waals surface area (Å²) in [7, 11) is 7.78. The van der Waals surface area contributed by atoms with E-state index in [1.165, 1.54) is 12.1 Å². The number of carbonyl (C=O) groups is 1. The van der Waals surface area contributed by atoms with E-state index in [-0.39, 0.29) is 5.56 Å². The Morgan fingerprint density at radius 1 is 0.677 bits per heavy atom. The molecule has 3 aromatic rings. The lowest BCUT2D eigenvalue weighted by Crippen LogP contribution is -2.08. The zero-order valence-corrected chi connectivity index (χ0v) is 17.9. The fourth-order valence-corrected chi connectivity index (χ4v) is 2.85. The summed E-state index contributed by atoms with van der Waals surface area (Å²) in [6, 6.07) is 19.6. The molecule has 0 saturated heterocycles. The summed E-state index contributed by atoms with van der Waals surface area (Å²) in [6.07, 6.45) is 0. The molecule has 31 heavy (non-hydrogen) atoms. The van der Waals surface area contributed by atoms with Crippen LogP contribution in [0.4, 0.5) is 34.1 Å². The lowest BCUT2D eigenvalue weighted by atomic mass is 10.2. The predicted octanol–water partition coefficient (Wildman–Crippen LogP) is 6.35. The Balaban J connectivity index is 1.87. The van der Waals surface area contributed by atoms with Crippen LogP contribution in [0.1, 0.15) is 10.4 Å². The largest absolute Gasteiger partial charge is 0.478 e. The highest BCUT2D eigenvalue weighted by molar-refractivity contribution is 5.87. The van der Waals surface area contributed by atoms with Crippen molar-refractivity contribution in [1.29, 1.82) is 0 Å². The van der Waals surface area contributed by atoms with Gasteiger partial charge in [0.05, 0.1) is 22.6 Å². The topological polar surface area (TPSA) is 93.2 Å². The number of hydrogen-bond acceptors (Lipinski definition) is 7. The third-order valence-electron chi connectivity index (χ3n) is 4.47. The second-order valence-corrected chi connectivity index (χ2v) is 7.20. The summed E-state index contributed by atoms with van der Waals surface area (Å²) >= 11 is 0. The summed E-state index contributed by atoms with van der Waals surface area (Å²) in [5, 5.41) is 26.4. The molecule has 0 radical (unpaired) electrons. The number of hydrogen-bond donors (Lipinski definition) is 1.